The van der Waals surface area contributed by atoms with Gasteiger partial charge in [0.2, 0.25) is 11.8 Å². The molecule has 0 radical (unpaired) electrons. The number of carbonyl (C=O) groups is 2. The zero-order valence-electron chi connectivity index (χ0n) is 17.7. The van der Waals surface area contributed by atoms with Crippen molar-refractivity contribution in [3.63, 3.8) is 0 Å². The first-order chi connectivity index (χ1) is 15.3. The lowest BCUT2D eigenvalue weighted by molar-refractivity contribution is -0.133. The molecule has 7 nitrogen and oxygen atoms in total. The van der Waals surface area contributed by atoms with Crippen molar-refractivity contribution >= 4 is 46.2 Å². The van der Waals surface area contributed by atoms with Crippen LogP contribution in [0.1, 0.15) is 11.1 Å². The van der Waals surface area contributed by atoms with Gasteiger partial charge in [-0.25, -0.2) is 0 Å². The topological polar surface area (TPSA) is 104 Å². The highest BCUT2D eigenvalue weighted by molar-refractivity contribution is 6.31. The number of halogens is 1. The fourth-order valence-electron chi connectivity index (χ4n) is 4.16. The Morgan fingerprint density at radius 3 is 2.75 bits per heavy atom. The van der Waals surface area contributed by atoms with E-state index in [2.05, 4.69) is 11.9 Å². The van der Waals surface area contributed by atoms with Crippen molar-refractivity contribution in [3.8, 4) is 11.1 Å². The standard InChI is InChI=1S/C24H24ClN5O2/c1-3-23(32)30-10-16(11-30)28-22(31)13-29-12-19(17-8-15(25)5-7-21(17)29)24-14(2)4-6-20(27)18(24)9-26/h3-9,12,16,26H,1,10-11,13,27H2,2H3,(H,28,31). The SMILES string of the molecule is C=CC(=O)N1CC(NC(=O)Cn2cc(-c3c(C)ccc(N)c3C=N)c3cc(Cl)ccc32)C1. The number of hydrogen-bond donors (Lipinski definition) is 3. The number of aromatic nitrogens is 1. The van der Waals surface area contributed by atoms with Crippen LogP contribution in [-0.2, 0) is 16.1 Å². The maximum atomic E-state index is 12.7. The molecule has 2 heterocycles. The highest BCUT2D eigenvalue weighted by Gasteiger charge is 2.30. The molecule has 4 N–H and O–H groups in total. The van der Waals surface area contributed by atoms with Gasteiger partial charge < -0.3 is 25.9 Å². The second kappa shape index (κ2) is 8.51. The number of benzene rings is 2. The molecule has 0 aliphatic carbocycles. The van der Waals surface area contributed by atoms with Gasteiger partial charge in [0, 0.05) is 58.2 Å². The van der Waals surface area contributed by atoms with E-state index in [-0.39, 0.29) is 24.4 Å². The predicted octanol–water partition coefficient (Wildman–Crippen LogP) is 3.36. The van der Waals surface area contributed by atoms with Crippen molar-refractivity contribution < 1.29 is 9.59 Å². The van der Waals surface area contributed by atoms with E-state index in [1.807, 2.05) is 35.9 Å². The summed E-state index contributed by atoms with van der Waals surface area (Å²) in [4.78, 5) is 25.9. The molecule has 3 aromatic rings. The van der Waals surface area contributed by atoms with Gasteiger partial charge in [0.05, 0.1) is 6.04 Å². The number of nitrogen functional groups attached to an aromatic ring is 1. The van der Waals surface area contributed by atoms with Crippen molar-refractivity contribution in [1.29, 1.82) is 5.41 Å². The third kappa shape index (κ3) is 3.87. The fraction of sp³-hybridized carbons (Fsp3) is 0.208. The van der Waals surface area contributed by atoms with E-state index in [1.54, 1.807) is 17.0 Å². The van der Waals surface area contributed by atoms with Crippen molar-refractivity contribution in [3.05, 3.63) is 65.3 Å². The lowest BCUT2D eigenvalue weighted by Gasteiger charge is -2.38. The van der Waals surface area contributed by atoms with Gasteiger partial charge in [0.1, 0.15) is 6.54 Å². The largest absolute Gasteiger partial charge is 0.398 e. The summed E-state index contributed by atoms with van der Waals surface area (Å²) in [6.45, 7) is 6.52. The van der Waals surface area contributed by atoms with Gasteiger partial charge in [-0.15, -0.1) is 0 Å². The number of nitrogens with one attached hydrogen (secondary N) is 2. The summed E-state index contributed by atoms with van der Waals surface area (Å²) in [5.74, 6) is -0.274. The van der Waals surface area contributed by atoms with Crippen LogP contribution in [-0.4, -0.2) is 46.6 Å². The first-order valence-corrected chi connectivity index (χ1v) is 10.6. The number of amides is 2. The van der Waals surface area contributed by atoms with Crippen LogP contribution in [0.25, 0.3) is 22.0 Å². The number of anilines is 1. The predicted molar refractivity (Wildman–Crippen MR) is 128 cm³/mol. The average Bonchev–Trinajstić information content (AvgIpc) is 3.08. The summed E-state index contributed by atoms with van der Waals surface area (Å²) in [5, 5.41) is 12.3. The van der Waals surface area contributed by atoms with Crippen LogP contribution in [0, 0.1) is 12.3 Å². The molecule has 0 saturated carbocycles. The molecule has 164 valence electrons. The molecule has 1 aromatic heterocycles. The molecule has 0 unspecified atom stereocenters. The normalized spacial score (nSPS) is 13.6. The smallest absolute Gasteiger partial charge is 0.246 e. The van der Waals surface area contributed by atoms with E-state index in [1.165, 1.54) is 12.3 Å². The monoisotopic (exact) mass is 449 g/mol. The van der Waals surface area contributed by atoms with Crippen LogP contribution in [0.15, 0.2) is 49.2 Å². The minimum Gasteiger partial charge on any atom is -0.398 e. The molecule has 1 aliphatic rings. The Kier molecular flexibility index (Phi) is 5.76. The quantitative estimate of drug-likeness (QED) is 0.305. The maximum absolute atomic E-state index is 12.7. The van der Waals surface area contributed by atoms with Gasteiger partial charge >= 0.3 is 0 Å². The molecule has 1 aliphatic heterocycles. The number of carbonyl (C=O) groups excluding carboxylic acids is 2. The Hall–Kier alpha value is -3.58. The number of nitrogens with two attached hydrogens (primary N) is 1. The first-order valence-electron chi connectivity index (χ1n) is 10.2. The first kappa shape index (κ1) is 21.6. The maximum Gasteiger partial charge on any atom is 0.246 e. The van der Waals surface area contributed by atoms with Crippen molar-refractivity contribution in [2.75, 3.05) is 18.8 Å². The molecular weight excluding hydrogens is 426 g/mol. The molecule has 8 heteroatoms. The Bertz CT molecular complexity index is 1260. The molecule has 2 amide bonds. The van der Waals surface area contributed by atoms with Crippen LogP contribution >= 0.6 is 11.6 Å². The average molecular weight is 450 g/mol. The molecule has 0 spiro atoms. The highest BCUT2D eigenvalue weighted by atomic mass is 35.5. The Morgan fingerprint density at radius 2 is 2.06 bits per heavy atom. The molecule has 1 saturated heterocycles. The summed E-state index contributed by atoms with van der Waals surface area (Å²) in [6, 6.07) is 9.18. The van der Waals surface area contributed by atoms with Crippen LogP contribution in [0.5, 0.6) is 0 Å². The van der Waals surface area contributed by atoms with Gasteiger partial charge in [-0.3, -0.25) is 9.59 Å². The van der Waals surface area contributed by atoms with Crippen LogP contribution in [0.4, 0.5) is 5.69 Å². The molecule has 0 atom stereocenters. The summed E-state index contributed by atoms with van der Waals surface area (Å²) in [7, 11) is 0. The number of aryl methyl sites for hydroxylation is 1. The van der Waals surface area contributed by atoms with Crippen LogP contribution < -0.4 is 11.1 Å². The minimum atomic E-state index is -0.143. The molecule has 4 rings (SSSR count). The molecule has 0 bridgehead atoms. The number of fused-ring (bicyclic) bond motifs is 1. The summed E-state index contributed by atoms with van der Waals surface area (Å²) >= 11 is 6.29. The lowest BCUT2D eigenvalue weighted by atomic mass is 9.94. The number of rotatable bonds is 6. The summed E-state index contributed by atoms with van der Waals surface area (Å²) < 4.78 is 1.87. The summed E-state index contributed by atoms with van der Waals surface area (Å²) in [5.41, 5.74) is 10.8. The zero-order valence-corrected chi connectivity index (χ0v) is 18.4. The van der Waals surface area contributed by atoms with Gasteiger partial charge in [-0.05, 0) is 48.4 Å². The molecule has 2 aromatic carbocycles. The second-order valence-corrected chi connectivity index (χ2v) is 8.39. The Labute approximate surface area is 191 Å². The molecule has 1 fully saturated rings. The number of likely N-dealkylation sites (tertiary alicyclic amines) is 1. The van der Waals surface area contributed by atoms with Crippen molar-refractivity contribution in [2.24, 2.45) is 0 Å². The van der Waals surface area contributed by atoms with E-state index in [0.717, 1.165) is 27.6 Å². The molecular formula is C24H24ClN5O2. The number of hydrogen-bond acceptors (Lipinski definition) is 4. The van der Waals surface area contributed by atoms with E-state index in [0.29, 0.717) is 29.4 Å². The lowest BCUT2D eigenvalue weighted by Crippen LogP contribution is -2.61. The van der Waals surface area contributed by atoms with E-state index >= 15 is 0 Å². The summed E-state index contributed by atoms with van der Waals surface area (Å²) in [6.07, 6.45) is 4.44. The van der Waals surface area contributed by atoms with Gasteiger partial charge in [-0.2, -0.15) is 0 Å². The third-order valence-electron chi connectivity index (χ3n) is 5.79. The Morgan fingerprint density at radius 1 is 1.31 bits per heavy atom. The number of nitrogens with zero attached hydrogens (tertiary/aromatic N) is 2. The van der Waals surface area contributed by atoms with E-state index in [9.17, 15) is 9.59 Å². The van der Waals surface area contributed by atoms with Crippen molar-refractivity contribution in [1.82, 2.24) is 14.8 Å². The highest BCUT2D eigenvalue weighted by Crippen LogP contribution is 2.37. The van der Waals surface area contributed by atoms with E-state index < -0.39 is 0 Å². The second-order valence-electron chi connectivity index (χ2n) is 7.95. The van der Waals surface area contributed by atoms with Crippen LogP contribution in [0.2, 0.25) is 5.02 Å². The molecule has 32 heavy (non-hydrogen) atoms. The van der Waals surface area contributed by atoms with Crippen molar-refractivity contribution in [2.45, 2.75) is 19.5 Å². The van der Waals surface area contributed by atoms with E-state index in [4.69, 9.17) is 22.7 Å². The van der Waals surface area contributed by atoms with Gasteiger partial charge in [0.15, 0.2) is 0 Å². The fourth-order valence-corrected chi connectivity index (χ4v) is 4.34. The minimum absolute atomic E-state index is 0.0668. The third-order valence-corrected chi connectivity index (χ3v) is 6.03. The zero-order chi connectivity index (χ0) is 23.0. The van der Waals surface area contributed by atoms with Gasteiger partial charge in [-0.1, -0.05) is 24.2 Å². The van der Waals surface area contributed by atoms with Gasteiger partial charge in [0.25, 0.3) is 0 Å². The van der Waals surface area contributed by atoms with Crippen LogP contribution in [0.3, 0.4) is 0 Å². The Balaban J connectivity index is 1.66.